The maximum Gasteiger partial charge on any atom is 0.161 e. The Morgan fingerprint density at radius 3 is 2.54 bits per heavy atom. The Kier molecular flexibility index (Phi) is 2.02. The van der Waals surface area contributed by atoms with Crippen molar-refractivity contribution in [1.29, 1.82) is 0 Å². The highest BCUT2D eigenvalue weighted by atomic mass is 35.5. The van der Waals surface area contributed by atoms with Crippen LogP contribution in [0.25, 0.3) is 5.69 Å². The number of nitrogens with zero attached hydrogens (tertiary/aromatic N) is 3. The van der Waals surface area contributed by atoms with Gasteiger partial charge in [-0.25, -0.2) is 0 Å². The standard InChI is InChI=1S/C9H9ClN3/c1-12-6-7-13(11-12)9-4-2-8(10)3-5-9/h2-7H,1H3/q+1. The molecule has 0 aliphatic heterocycles. The fourth-order valence-corrected chi connectivity index (χ4v) is 1.23. The van der Waals surface area contributed by atoms with E-state index in [9.17, 15) is 0 Å². The minimum atomic E-state index is 0.736. The molecule has 0 spiro atoms. The number of aromatic nitrogens is 3. The molecule has 2 aromatic rings. The van der Waals surface area contributed by atoms with Crippen molar-refractivity contribution in [3.8, 4) is 5.69 Å². The highest BCUT2D eigenvalue weighted by molar-refractivity contribution is 6.30. The summed E-state index contributed by atoms with van der Waals surface area (Å²) in [4.78, 5) is 0. The number of hydrogen-bond acceptors (Lipinski definition) is 1. The van der Waals surface area contributed by atoms with Gasteiger partial charge in [0.25, 0.3) is 0 Å². The summed E-state index contributed by atoms with van der Waals surface area (Å²) in [5, 5.41) is 4.94. The van der Waals surface area contributed by atoms with Crippen molar-refractivity contribution >= 4 is 11.6 Å². The lowest BCUT2D eigenvalue weighted by atomic mass is 10.3. The molecule has 0 unspecified atom stereocenters. The summed E-state index contributed by atoms with van der Waals surface area (Å²) in [6.45, 7) is 0. The van der Waals surface area contributed by atoms with Crippen molar-refractivity contribution in [1.82, 2.24) is 9.90 Å². The first-order chi connectivity index (χ1) is 6.25. The zero-order chi connectivity index (χ0) is 9.26. The number of benzene rings is 1. The lowest BCUT2D eigenvalue weighted by Gasteiger charge is -1.92. The molecule has 3 nitrogen and oxygen atoms in total. The molecule has 0 bridgehead atoms. The lowest BCUT2D eigenvalue weighted by molar-refractivity contribution is -0.731. The van der Waals surface area contributed by atoms with Gasteiger partial charge in [0.15, 0.2) is 18.1 Å². The molecule has 0 aliphatic carbocycles. The molecule has 0 saturated carbocycles. The fraction of sp³-hybridized carbons (Fsp3) is 0.111. The molecule has 0 aliphatic rings. The van der Waals surface area contributed by atoms with Crippen LogP contribution in [0, 0.1) is 0 Å². The van der Waals surface area contributed by atoms with Gasteiger partial charge in [0.1, 0.15) is 7.05 Å². The second kappa shape index (κ2) is 3.18. The second-order valence-electron chi connectivity index (χ2n) is 2.78. The molecule has 13 heavy (non-hydrogen) atoms. The Balaban J connectivity index is 2.41. The van der Waals surface area contributed by atoms with Gasteiger partial charge in [0.05, 0.1) is 5.21 Å². The van der Waals surface area contributed by atoms with Crippen LogP contribution in [-0.2, 0) is 7.05 Å². The van der Waals surface area contributed by atoms with Crippen LogP contribution in [-0.4, -0.2) is 9.90 Å². The Morgan fingerprint density at radius 1 is 1.31 bits per heavy atom. The van der Waals surface area contributed by atoms with Crippen molar-refractivity contribution in [3.05, 3.63) is 41.7 Å². The van der Waals surface area contributed by atoms with E-state index < -0.39 is 0 Å². The first-order valence-corrected chi connectivity index (χ1v) is 4.31. The molecule has 0 amide bonds. The van der Waals surface area contributed by atoms with Crippen LogP contribution in [0.3, 0.4) is 0 Å². The highest BCUT2D eigenvalue weighted by Gasteiger charge is 2.04. The van der Waals surface area contributed by atoms with Gasteiger partial charge in [0.2, 0.25) is 0 Å². The van der Waals surface area contributed by atoms with E-state index in [-0.39, 0.29) is 0 Å². The average molecular weight is 195 g/mol. The summed E-state index contributed by atoms with van der Waals surface area (Å²) < 4.78 is 3.53. The smallest absolute Gasteiger partial charge is 0.140 e. The van der Waals surface area contributed by atoms with E-state index in [1.54, 1.807) is 9.36 Å². The molecule has 4 heteroatoms. The Labute approximate surface area is 81.2 Å². The van der Waals surface area contributed by atoms with E-state index in [1.165, 1.54) is 0 Å². The van der Waals surface area contributed by atoms with E-state index in [2.05, 4.69) is 5.21 Å². The largest absolute Gasteiger partial charge is 0.161 e. The van der Waals surface area contributed by atoms with Crippen LogP contribution in [0.5, 0.6) is 0 Å². The molecule has 1 aromatic carbocycles. The van der Waals surface area contributed by atoms with Crippen molar-refractivity contribution in [3.63, 3.8) is 0 Å². The number of rotatable bonds is 1. The normalized spacial score (nSPS) is 10.3. The molecule has 0 fully saturated rings. The van der Waals surface area contributed by atoms with Gasteiger partial charge in [-0.2, -0.15) is 0 Å². The Bertz CT molecular complexity index is 405. The predicted molar refractivity (Wildman–Crippen MR) is 49.8 cm³/mol. The highest BCUT2D eigenvalue weighted by Crippen LogP contribution is 2.11. The molecule has 0 atom stereocenters. The maximum atomic E-state index is 5.77. The van der Waals surface area contributed by atoms with E-state index in [1.807, 2.05) is 43.7 Å². The third kappa shape index (κ3) is 1.70. The molecular weight excluding hydrogens is 186 g/mol. The first kappa shape index (κ1) is 8.26. The van der Waals surface area contributed by atoms with Crippen LogP contribution in [0.1, 0.15) is 0 Å². The van der Waals surface area contributed by atoms with Crippen molar-refractivity contribution in [2.75, 3.05) is 0 Å². The quantitative estimate of drug-likeness (QED) is 0.629. The topological polar surface area (TPSA) is 21.7 Å². The Morgan fingerprint density at radius 2 is 2.00 bits per heavy atom. The van der Waals surface area contributed by atoms with Gasteiger partial charge >= 0.3 is 0 Å². The molecule has 66 valence electrons. The number of hydrogen-bond donors (Lipinski definition) is 0. The molecule has 1 aromatic heterocycles. The van der Waals surface area contributed by atoms with Crippen LogP contribution in [0.4, 0.5) is 0 Å². The maximum absolute atomic E-state index is 5.77. The molecule has 0 N–H and O–H groups in total. The van der Waals surface area contributed by atoms with E-state index in [0.717, 1.165) is 10.7 Å². The molecule has 0 saturated heterocycles. The molecule has 1 heterocycles. The third-order valence-corrected chi connectivity index (χ3v) is 2.00. The van der Waals surface area contributed by atoms with Gasteiger partial charge in [-0.05, 0) is 24.3 Å². The van der Waals surface area contributed by atoms with Crippen LogP contribution >= 0.6 is 11.6 Å². The van der Waals surface area contributed by atoms with Gasteiger partial charge in [-0.1, -0.05) is 11.6 Å². The van der Waals surface area contributed by atoms with Gasteiger partial charge in [0, 0.05) is 5.02 Å². The van der Waals surface area contributed by atoms with Gasteiger partial charge < -0.3 is 0 Å². The van der Waals surface area contributed by atoms with E-state index in [4.69, 9.17) is 11.6 Å². The lowest BCUT2D eigenvalue weighted by Crippen LogP contribution is -2.30. The SMILES string of the molecule is C[n+]1ccn(-c2ccc(Cl)cc2)n1. The minimum Gasteiger partial charge on any atom is -0.140 e. The molecular formula is C9H9ClN3+. The summed E-state index contributed by atoms with van der Waals surface area (Å²) in [5.41, 5.74) is 1.00. The summed E-state index contributed by atoms with van der Waals surface area (Å²) in [6.07, 6.45) is 3.78. The van der Waals surface area contributed by atoms with Crippen LogP contribution in [0.15, 0.2) is 36.7 Å². The summed E-state index contributed by atoms with van der Waals surface area (Å²) in [6, 6.07) is 7.54. The van der Waals surface area contributed by atoms with Gasteiger partial charge in [-0.15, -0.1) is 9.36 Å². The van der Waals surface area contributed by atoms with Gasteiger partial charge in [-0.3, -0.25) is 0 Å². The van der Waals surface area contributed by atoms with Crippen LogP contribution in [0.2, 0.25) is 5.02 Å². The van der Waals surface area contributed by atoms with Crippen molar-refractivity contribution < 1.29 is 4.68 Å². The summed E-state index contributed by atoms with van der Waals surface area (Å²) >= 11 is 5.77. The summed E-state index contributed by atoms with van der Waals surface area (Å²) in [7, 11) is 1.88. The zero-order valence-corrected chi connectivity index (χ0v) is 7.94. The Hall–Kier alpha value is -1.35. The fourth-order valence-electron chi connectivity index (χ4n) is 1.10. The number of halogens is 1. The third-order valence-electron chi connectivity index (χ3n) is 1.75. The molecule has 0 radical (unpaired) electrons. The van der Waals surface area contributed by atoms with E-state index in [0.29, 0.717) is 0 Å². The monoisotopic (exact) mass is 194 g/mol. The first-order valence-electron chi connectivity index (χ1n) is 3.93. The molecule has 2 rings (SSSR count). The average Bonchev–Trinajstić information content (AvgIpc) is 2.53. The minimum absolute atomic E-state index is 0.736. The summed E-state index contributed by atoms with van der Waals surface area (Å²) in [5.74, 6) is 0. The number of aryl methyl sites for hydroxylation is 1. The van der Waals surface area contributed by atoms with E-state index >= 15 is 0 Å². The van der Waals surface area contributed by atoms with Crippen molar-refractivity contribution in [2.45, 2.75) is 0 Å². The van der Waals surface area contributed by atoms with Crippen molar-refractivity contribution in [2.24, 2.45) is 7.05 Å². The zero-order valence-electron chi connectivity index (χ0n) is 7.18. The second-order valence-corrected chi connectivity index (χ2v) is 3.22. The predicted octanol–water partition coefficient (Wildman–Crippen LogP) is 1.35. The van der Waals surface area contributed by atoms with Crippen LogP contribution < -0.4 is 4.68 Å².